The van der Waals surface area contributed by atoms with E-state index in [9.17, 15) is 5.11 Å². The number of aromatic nitrogens is 1. The fourth-order valence-electron chi connectivity index (χ4n) is 2.97. The van der Waals surface area contributed by atoms with Crippen LogP contribution in [0.5, 0.6) is 0 Å². The van der Waals surface area contributed by atoms with E-state index in [2.05, 4.69) is 43.1 Å². The molecule has 0 spiro atoms. The smallest absolute Gasteiger partial charge is 0.0897 e. The topological polar surface area (TPSA) is 36.0 Å². The van der Waals surface area contributed by atoms with E-state index < -0.39 is 5.60 Å². The lowest BCUT2D eigenvalue weighted by Gasteiger charge is -2.40. The maximum atomic E-state index is 10.9. The molecule has 1 saturated carbocycles. The van der Waals surface area contributed by atoms with Crippen molar-refractivity contribution in [2.75, 3.05) is 0 Å². The molecule has 1 aliphatic rings. The van der Waals surface area contributed by atoms with Gasteiger partial charge in [-0.1, -0.05) is 19.9 Å². The average Bonchev–Trinajstić information content (AvgIpc) is 2.80. The summed E-state index contributed by atoms with van der Waals surface area (Å²) in [5.41, 5.74) is 1.97. The van der Waals surface area contributed by atoms with Gasteiger partial charge in [-0.25, -0.2) is 0 Å². The number of hydrogen-bond acceptors (Lipinski definition) is 1. The zero-order chi connectivity index (χ0) is 12.8. The molecule has 2 aromatic rings. The van der Waals surface area contributed by atoms with Gasteiger partial charge in [0.1, 0.15) is 0 Å². The summed E-state index contributed by atoms with van der Waals surface area (Å²) in [6.07, 6.45) is 5.87. The highest BCUT2D eigenvalue weighted by molar-refractivity contribution is 5.80. The average molecular weight is 243 g/mol. The van der Waals surface area contributed by atoms with Crippen molar-refractivity contribution >= 4 is 10.9 Å². The maximum Gasteiger partial charge on any atom is 0.0897 e. The van der Waals surface area contributed by atoms with E-state index in [1.165, 1.54) is 5.39 Å². The van der Waals surface area contributed by atoms with Crippen molar-refractivity contribution in [2.24, 2.45) is 5.41 Å². The first kappa shape index (κ1) is 11.8. The Balaban J connectivity index is 1.93. The molecule has 0 amide bonds. The summed E-state index contributed by atoms with van der Waals surface area (Å²) in [5.74, 6) is 0. The van der Waals surface area contributed by atoms with Gasteiger partial charge in [-0.3, -0.25) is 0 Å². The minimum atomic E-state index is -0.624. The molecule has 2 heteroatoms. The molecule has 0 saturated heterocycles. The van der Waals surface area contributed by atoms with Crippen LogP contribution in [0, 0.1) is 5.41 Å². The van der Waals surface area contributed by atoms with Crippen LogP contribution in [0.1, 0.15) is 45.1 Å². The van der Waals surface area contributed by atoms with Crippen molar-refractivity contribution in [2.45, 2.75) is 45.1 Å². The molecule has 2 nitrogen and oxygen atoms in total. The van der Waals surface area contributed by atoms with Gasteiger partial charge >= 0.3 is 0 Å². The minimum absolute atomic E-state index is 0.379. The number of rotatable bonds is 1. The van der Waals surface area contributed by atoms with Crippen LogP contribution in [0.2, 0.25) is 0 Å². The van der Waals surface area contributed by atoms with Gasteiger partial charge in [-0.05, 0) is 60.2 Å². The first-order valence-corrected chi connectivity index (χ1v) is 6.79. The van der Waals surface area contributed by atoms with Crippen LogP contribution < -0.4 is 0 Å². The summed E-state index contributed by atoms with van der Waals surface area (Å²) < 4.78 is 0. The SMILES string of the molecule is CC1(C)CCC(O)(c2ccc3[nH]ccc3c2)CC1. The highest BCUT2D eigenvalue weighted by Gasteiger charge is 2.37. The van der Waals surface area contributed by atoms with Crippen LogP contribution in [0.25, 0.3) is 10.9 Å². The molecule has 0 atom stereocenters. The Kier molecular flexibility index (Phi) is 2.53. The first-order chi connectivity index (χ1) is 8.49. The molecular formula is C16H21NO. The van der Waals surface area contributed by atoms with Gasteiger partial charge in [0.05, 0.1) is 5.60 Å². The third-order valence-electron chi connectivity index (χ3n) is 4.52. The van der Waals surface area contributed by atoms with Gasteiger partial charge in [0.25, 0.3) is 0 Å². The van der Waals surface area contributed by atoms with Gasteiger partial charge in [0.2, 0.25) is 0 Å². The van der Waals surface area contributed by atoms with E-state index in [0.29, 0.717) is 5.41 Å². The summed E-state index contributed by atoms with van der Waals surface area (Å²) >= 11 is 0. The molecule has 0 unspecified atom stereocenters. The number of benzene rings is 1. The molecule has 1 aromatic heterocycles. The predicted octanol–water partition coefficient (Wildman–Crippen LogP) is 3.96. The fourth-order valence-corrected chi connectivity index (χ4v) is 2.97. The molecular weight excluding hydrogens is 222 g/mol. The number of fused-ring (bicyclic) bond motifs is 1. The molecule has 2 N–H and O–H groups in total. The zero-order valence-electron chi connectivity index (χ0n) is 11.2. The van der Waals surface area contributed by atoms with Crippen LogP contribution in [-0.2, 0) is 5.60 Å². The lowest BCUT2D eigenvalue weighted by atomic mass is 9.69. The van der Waals surface area contributed by atoms with Crippen molar-refractivity contribution in [3.8, 4) is 0 Å². The van der Waals surface area contributed by atoms with E-state index >= 15 is 0 Å². The second kappa shape index (κ2) is 3.86. The normalized spacial score (nSPS) is 22.2. The van der Waals surface area contributed by atoms with Crippen LogP contribution in [0.4, 0.5) is 0 Å². The van der Waals surface area contributed by atoms with Crippen molar-refractivity contribution in [1.29, 1.82) is 0 Å². The van der Waals surface area contributed by atoms with Crippen molar-refractivity contribution in [3.63, 3.8) is 0 Å². The molecule has 0 bridgehead atoms. The van der Waals surface area contributed by atoms with Crippen molar-refractivity contribution in [3.05, 3.63) is 36.0 Å². The van der Waals surface area contributed by atoms with Crippen LogP contribution in [-0.4, -0.2) is 10.1 Å². The predicted molar refractivity (Wildman–Crippen MR) is 74.4 cm³/mol. The lowest BCUT2D eigenvalue weighted by Crippen LogP contribution is -2.34. The lowest BCUT2D eigenvalue weighted by molar-refractivity contribution is -0.0304. The molecule has 0 radical (unpaired) electrons. The fraction of sp³-hybridized carbons (Fsp3) is 0.500. The van der Waals surface area contributed by atoms with Crippen molar-refractivity contribution < 1.29 is 5.11 Å². The van der Waals surface area contributed by atoms with Gasteiger partial charge in [-0.2, -0.15) is 0 Å². The van der Waals surface area contributed by atoms with E-state index in [1.807, 2.05) is 6.20 Å². The number of nitrogens with one attached hydrogen (secondary N) is 1. The standard InChI is InChI=1S/C16H21NO/c1-15(2)6-8-16(18,9-7-15)13-3-4-14-12(11-13)5-10-17-14/h3-5,10-11,17-18H,6-9H2,1-2H3. The highest BCUT2D eigenvalue weighted by Crippen LogP contribution is 2.45. The quantitative estimate of drug-likeness (QED) is 0.781. The highest BCUT2D eigenvalue weighted by atomic mass is 16.3. The number of aliphatic hydroxyl groups is 1. The first-order valence-electron chi connectivity index (χ1n) is 6.79. The van der Waals surface area contributed by atoms with Crippen LogP contribution >= 0.6 is 0 Å². The maximum absolute atomic E-state index is 10.9. The van der Waals surface area contributed by atoms with Gasteiger partial charge < -0.3 is 10.1 Å². The second-order valence-corrected chi connectivity index (χ2v) is 6.48. The molecule has 3 rings (SSSR count). The second-order valence-electron chi connectivity index (χ2n) is 6.48. The molecule has 1 fully saturated rings. The van der Waals surface area contributed by atoms with Crippen LogP contribution in [0.15, 0.2) is 30.5 Å². The summed E-state index contributed by atoms with van der Waals surface area (Å²) in [7, 11) is 0. The van der Waals surface area contributed by atoms with E-state index in [4.69, 9.17) is 0 Å². The third-order valence-corrected chi connectivity index (χ3v) is 4.52. The largest absolute Gasteiger partial charge is 0.385 e. The number of aromatic amines is 1. The molecule has 1 aliphatic carbocycles. The van der Waals surface area contributed by atoms with E-state index in [1.54, 1.807) is 0 Å². The Bertz CT molecular complexity index is 557. The van der Waals surface area contributed by atoms with Gasteiger partial charge in [-0.15, -0.1) is 0 Å². The monoisotopic (exact) mass is 243 g/mol. The Labute approximate surface area is 108 Å². The Morgan fingerprint density at radius 1 is 1.06 bits per heavy atom. The molecule has 0 aliphatic heterocycles. The number of hydrogen-bond donors (Lipinski definition) is 2. The Morgan fingerprint density at radius 3 is 2.50 bits per heavy atom. The van der Waals surface area contributed by atoms with Gasteiger partial charge in [0.15, 0.2) is 0 Å². The molecule has 1 heterocycles. The van der Waals surface area contributed by atoms with E-state index in [-0.39, 0.29) is 0 Å². The molecule has 96 valence electrons. The van der Waals surface area contributed by atoms with Gasteiger partial charge in [0, 0.05) is 11.7 Å². The summed E-state index contributed by atoms with van der Waals surface area (Å²) in [6.45, 7) is 4.59. The van der Waals surface area contributed by atoms with Crippen molar-refractivity contribution in [1.82, 2.24) is 4.98 Å². The van der Waals surface area contributed by atoms with Crippen LogP contribution in [0.3, 0.4) is 0 Å². The summed E-state index contributed by atoms with van der Waals surface area (Å²) in [4.78, 5) is 3.19. The van der Waals surface area contributed by atoms with E-state index in [0.717, 1.165) is 36.8 Å². The summed E-state index contributed by atoms with van der Waals surface area (Å²) in [5, 5.41) is 12.0. The molecule has 1 aromatic carbocycles. The Hall–Kier alpha value is -1.28. The third kappa shape index (κ3) is 1.95. The number of H-pyrrole nitrogens is 1. The molecule has 18 heavy (non-hydrogen) atoms. The zero-order valence-corrected chi connectivity index (χ0v) is 11.2. The summed E-state index contributed by atoms with van der Waals surface area (Å²) in [6, 6.07) is 8.33. The minimum Gasteiger partial charge on any atom is -0.385 e. The Morgan fingerprint density at radius 2 is 1.78 bits per heavy atom.